The van der Waals surface area contributed by atoms with Gasteiger partial charge in [-0.05, 0) is 6.07 Å². The first-order valence-corrected chi connectivity index (χ1v) is 5.06. The average molecular weight is 264 g/mol. The third-order valence-corrected chi connectivity index (χ3v) is 2.46. The first-order valence-electron chi connectivity index (χ1n) is 5.06. The number of nitrogens with two attached hydrogens (primary N) is 1. The number of benzene rings is 1. The van der Waals surface area contributed by atoms with Crippen molar-refractivity contribution in [2.24, 2.45) is 5.73 Å². The van der Waals surface area contributed by atoms with Gasteiger partial charge in [0.25, 0.3) is 11.6 Å². The van der Waals surface area contributed by atoms with Crippen LogP contribution in [0.5, 0.6) is 0 Å². The van der Waals surface area contributed by atoms with Crippen LogP contribution in [0, 0.1) is 10.1 Å². The van der Waals surface area contributed by atoms with Crippen LogP contribution in [0.1, 0.15) is 10.5 Å². The molecule has 0 aliphatic heterocycles. The van der Waals surface area contributed by atoms with Gasteiger partial charge in [0.2, 0.25) is 0 Å². The summed E-state index contributed by atoms with van der Waals surface area (Å²) in [5.74, 6) is -2.03. The van der Waals surface area contributed by atoms with Crippen LogP contribution in [0.15, 0.2) is 18.2 Å². The number of aliphatic carboxylic acids is 1. The second-order valence-electron chi connectivity index (χ2n) is 3.72. The minimum atomic E-state index is -1.15. The highest BCUT2D eigenvalue weighted by Gasteiger charge is 2.19. The summed E-state index contributed by atoms with van der Waals surface area (Å²) in [5.41, 5.74) is 4.99. The predicted molar refractivity (Wildman–Crippen MR) is 62.5 cm³/mol. The molecular weight excluding hydrogens is 256 g/mol. The summed E-state index contributed by atoms with van der Waals surface area (Å²) in [6.45, 7) is -0.471. The summed E-state index contributed by atoms with van der Waals surface area (Å²) in [4.78, 5) is 32.0. The van der Waals surface area contributed by atoms with E-state index in [0.717, 1.165) is 10.7 Å². The lowest BCUT2D eigenvalue weighted by atomic mass is 10.2. The number of nitrogens with zero attached hydrogens (tertiary/aromatic N) is 3. The second-order valence-corrected chi connectivity index (χ2v) is 3.72. The van der Waals surface area contributed by atoms with Gasteiger partial charge in [0, 0.05) is 17.5 Å². The number of amides is 1. The number of nitro groups is 1. The van der Waals surface area contributed by atoms with Crippen molar-refractivity contribution in [1.82, 2.24) is 9.78 Å². The highest BCUT2D eigenvalue weighted by molar-refractivity contribution is 6.04. The van der Waals surface area contributed by atoms with Crippen LogP contribution in [0.2, 0.25) is 0 Å². The number of carboxylic acids is 1. The standard InChI is InChI=1S/C10H8N4O5/c11-10(17)9-6-3-5(14(18)19)1-2-7(6)13(12-9)4-8(15)16/h1-3H,4H2,(H2,11,17)(H,15,16). The van der Waals surface area contributed by atoms with Gasteiger partial charge in [-0.25, -0.2) is 0 Å². The summed E-state index contributed by atoms with van der Waals surface area (Å²) in [5, 5.41) is 23.3. The van der Waals surface area contributed by atoms with Crippen LogP contribution in [0.4, 0.5) is 5.69 Å². The van der Waals surface area contributed by atoms with Crippen LogP contribution in [-0.4, -0.2) is 31.7 Å². The fourth-order valence-electron chi connectivity index (χ4n) is 1.71. The van der Waals surface area contributed by atoms with Crippen molar-refractivity contribution in [2.45, 2.75) is 6.54 Å². The number of primary amides is 1. The molecule has 0 radical (unpaired) electrons. The van der Waals surface area contributed by atoms with Gasteiger partial charge >= 0.3 is 5.97 Å². The molecule has 0 aliphatic carbocycles. The highest BCUT2D eigenvalue weighted by atomic mass is 16.6. The lowest BCUT2D eigenvalue weighted by molar-refractivity contribution is -0.384. The van der Waals surface area contributed by atoms with E-state index in [1.165, 1.54) is 12.1 Å². The second kappa shape index (κ2) is 4.37. The zero-order valence-electron chi connectivity index (χ0n) is 9.44. The summed E-state index contributed by atoms with van der Waals surface area (Å²) in [6, 6.07) is 3.67. The molecule has 1 aromatic heterocycles. The van der Waals surface area contributed by atoms with Gasteiger partial charge in [-0.1, -0.05) is 0 Å². The summed E-state index contributed by atoms with van der Waals surface area (Å²) >= 11 is 0. The van der Waals surface area contributed by atoms with E-state index >= 15 is 0 Å². The van der Waals surface area contributed by atoms with Gasteiger partial charge in [-0.3, -0.25) is 24.4 Å². The largest absolute Gasteiger partial charge is 0.480 e. The average Bonchev–Trinajstić information content (AvgIpc) is 2.66. The van der Waals surface area contributed by atoms with Crippen molar-refractivity contribution in [3.63, 3.8) is 0 Å². The molecule has 0 aliphatic rings. The maximum atomic E-state index is 11.2. The van der Waals surface area contributed by atoms with E-state index in [1.807, 2.05) is 0 Å². The SMILES string of the molecule is NC(=O)c1nn(CC(=O)O)c2ccc([N+](=O)[O-])cc12. The number of fused-ring (bicyclic) bond motifs is 1. The Morgan fingerprint density at radius 3 is 2.68 bits per heavy atom. The normalized spacial score (nSPS) is 10.5. The zero-order valence-corrected chi connectivity index (χ0v) is 9.44. The van der Waals surface area contributed by atoms with E-state index in [2.05, 4.69) is 5.10 Å². The number of nitro benzene ring substituents is 1. The Balaban J connectivity index is 2.71. The van der Waals surface area contributed by atoms with E-state index < -0.39 is 23.3 Å². The zero-order chi connectivity index (χ0) is 14.2. The smallest absolute Gasteiger partial charge is 0.325 e. The summed E-state index contributed by atoms with van der Waals surface area (Å²) < 4.78 is 1.06. The van der Waals surface area contributed by atoms with Crippen molar-refractivity contribution >= 4 is 28.5 Å². The number of non-ortho nitro benzene ring substituents is 1. The molecular formula is C10H8N4O5. The Morgan fingerprint density at radius 1 is 1.47 bits per heavy atom. The fourth-order valence-corrected chi connectivity index (χ4v) is 1.71. The number of hydrogen-bond acceptors (Lipinski definition) is 5. The predicted octanol–water partition coefficient (Wildman–Crippen LogP) is 0.128. The van der Waals surface area contributed by atoms with Crippen molar-refractivity contribution < 1.29 is 19.6 Å². The van der Waals surface area contributed by atoms with Crippen LogP contribution < -0.4 is 5.73 Å². The van der Waals surface area contributed by atoms with Crippen LogP contribution >= 0.6 is 0 Å². The van der Waals surface area contributed by atoms with E-state index in [1.54, 1.807) is 0 Å². The molecule has 98 valence electrons. The number of carboxylic acid groups (broad SMARTS) is 1. The molecule has 9 nitrogen and oxygen atoms in total. The summed E-state index contributed by atoms with van der Waals surface area (Å²) in [7, 11) is 0. The molecule has 0 spiro atoms. The molecule has 1 amide bonds. The van der Waals surface area contributed by atoms with E-state index in [9.17, 15) is 19.7 Å². The fraction of sp³-hybridized carbons (Fsp3) is 0.100. The Kier molecular flexibility index (Phi) is 2.87. The molecule has 1 heterocycles. The van der Waals surface area contributed by atoms with Gasteiger partial charge in [0.1, 0.15) is 6.54 Å². The Hall–Kier alpha value is -2.97. The maximum Gasteiger partial charge on any atom is 0.325 e. The van der Waals surface area contributed by atoms with Gasteiger partial charge in [0.05, 0.1) is 10.4 Å². The Morgan fingerprint density at radius 2 is 2.16 bits per heavy atom. The number of carbonyl (C=O) groups is 2. The van der Waals surface area contributed by atoms with E-state index in [0.29, 0.717) is 5.52 Å². The number of hydrogen-bond donors (Lipinski definition) is 2. The van der Waals surface area contributed by atoms with Crippen molar-refractivity contribution in [3.05, 3.63) is 34.0 Å². The van der Waals surface area contributed by atoms with Crippen molar-refractivity contribution in [2.75, 3.05) is 0 Å². The molecule has 0 unspecified atom stereocenters. The minimum Gasteiger partial charge on any atom is -0.480 e. The maximum absolute atomic E-state index is 11.2. The topological polar surface area (TPSA) is 141 Å². The Labute approximate surface area is 105 Å². The van der Waals surface area contributed by atoms with Crippen LogP contribution in [0.3, 0.4) is 0 Å². The first-order chi connectivity index (χ1) is 8.90. The van der Waals surface area contributed by atoms with Gasteiger partial charge in [0.15, 0.2) is 5.69 Å². The molecule has 2 rings (SSSR count). The lowest BCUT2D eigenvalue weighted by Gasteiger charge is -1.98. The number of aromatic nitrogens is 2. The van der Waals surface area contributed by atoms with E-state index in [4.69, 9.17) is 10.8 Å². The lowest BCUT2D eigenvalue weighted by Crippen LogP contribution is -2.14. The molecule has 0 saturated heterocycles. The highest BCUT2D eigenvalue weighted by Crippen LogP contribution is 2.23. The Bertz CT molecular complexity index is 705. The monoisotopic (exact) mass is 264 g/mol. The van der Waals surface area contributed by atoms with Gasteiger partial charge in [-0.2, -0.15) is 5.10 Å². The molecule has 0 bridgehead atoms. The molecule has 0 atom stereocenters. The molecule has 2 aromatic rings. The third-order valence-electron chi connectivity index (χ3n) is 2.46. The number of rotatable bonds is 4. The molecule has 0 fully saturated rings. The number of carbonyl (C=O) groups excluding carboxylic acids is 1. The quantitative estimate of drug-likeness (QED) is 0.593. The van der Waals surface area contributed by atoms with Crippen LogP contribution in [0.25, 0.3) is 10.9 Å². The van der Waals surface area contributed by atoms with Crippen molar-refractivity contribution in [3.8, 4) is 0 Å². The molecule has 0 saturated carbocycles. The first kappa shape index (κ1) is 12.5. The molecule has 9 heteroatoms. The minimum absolute atomic E-state index is 0.156. The van der Waals surface area contributed by atoms with E-state index in [-0.39, 0.29) is 16.8 Å². The molecule has 1 aromatic carbocycles. The third kappa shape index (κ3) is 2.20. The summed E-state index contributed by atoms with van der Waals surface area (Å²) in [6.07, 6.45) is 0. The van der Waals surface area contributed by atoms with Gasteiger partial charge < -0.3 is 10.8 Å². The van der Waals surface area contributed by atoms with Crippen LogP contribution in [-0.2, 0) is 11.3 Å². The molecule has 3 N–H and O–H groups in total. The van der Waals surface area contributed by atoms with Gasteiger partial charge in [-0.15, -0.1) is 0 Å². The van der Waals surface area contributed by atoms with Crippen molar-refractivity contribution in [1.29, 1.82) is 0 Å². The molecule has 19 heavy (non-hydrogen) atoms.